The van der Waals surface area contributed by atoms with Crippen LogP contribution in [0.25, 0.3) is 11.0 Å². The Hall–Kier alpha value is -2.49. The Kier molecular flexibility index (Phi) is 3.06. The van der Waals surface area contributed by atoms with Crippen LogP contribution < -0.4 is 10.5 Å². The van der Waals surface area contributed by atoms with Gasteiger partial charge in [0.25, 0.3) is 0 Å². The van der Waals surface area contributed by atoms with E-state index in [4.69, 9.17) is 10.5 Å². The molecule has 0 unspecified atom stereocenters. The lowest BCUT2D eigenvalue weighted by atomic mass is 10.1. The van der Waals surface area contributed by atoms with Gasteiger partial charge in [-0.05, 0) is 29.8 Å². The summed E-state index contributed by atoms with van der Waals surface area (Å²) in [6.07, 6.45) is 0.772. The normalized spacial score (nSPS) is 10.9. The number of hydrogen-bond acceptors (Lipinski definition) is 3. The van der Waals surface area contributed by atoms with Gasteiger partial charge in [0.05, 0.1) is 18.3 Å². The van der Waals surface area contributed by atoms with Gasteiger partial charge in [-0.25, -0.2) is 4.98 Å². The second-order valence-electron chi connectivity index (χ2n) is 4.83. The standard InChI is InChI=1S/C16H17N3O/c1-19-14-5-3-4-13(17)16(14)18-15(19)10-11-6-8-12(20-2)9-7-11/h3-9H,10,17H2,1-2H3. The maximum absolute atomic E-state index is 5.98. The number of anilines is 1. The van der Waals surface area contributed by atoms with Crippen molar-refractivity contribution >= 4 is 16.7 Å². The number of nitrogens with two attached hydrogens (primary N) is 1. The highest BCUT2D eigenvalue weighted by Gasteiger charge is 2.10. The Bertz CT molecular complexity index is 744. The molecule has 2 N–H and O–H groups in total. The summed E-state index contributed by atoms with van der Waals surface area (Å²) in [4.78, 5) is 4.66. The number of para-hydroxylation sites is 1. The molecule has 4 nitrogen and oxygen atoms in total. The van der Waals surface area contributed by atoms with Crippen molar-refractivity contribution in [3.63, 3.8) is 0 Å². The van der Waals surface area contributed by atoms with E-state index < -0.39 is 0 Å². The highest BCUT2D eigenvalue weighted by molar-refractivity contribution is 5.87. The Morgan fingerprint density at radius 2 is 1.90 bits per heavy atom. The molecular formula is C16H17N3O. The number of aromatic nitrogens is 2. The molecule has 0 bridgehead atoms. The first kappa shape index (κ1) is 12.5. The molecule has 0 fully saturated rings. The molecule has 1 aromatic heterocycles. The summed E-state index contributed by atoms with van der Waals surface area (Å²) in [6, 6.07) is 13.9. The average Bonchev–Trinajstić information content (AvgIpc) is 2.79. The number of aryl methyl sites for hydroxylation is 1. The molecule has 2 aromatic carbocycles. The minimum Gasteiger partial charge on any atom is -0.497 e. The summed E-state index contributed by atoms with van der Waals surface area (Å²) in [6.45, 7) is 0. The Morgan fingerprint density at radius 1 is 1.15 bits per heavy atom. The van der Waals surface area contributed by atoms with E-state index in [1.807, 2.05) is 37.4 Å². The van der Waals surface area contributed by atoms with E-state index in [9.17, 15) is 0 Å². The molecule has 1 heterocycles. The Morgan fingerprint density at radius 3 is 2.55 bits per heavy atom. The lowest BCUT2D eigenvalue weighted by Crippen LogP contribution is -1.99. The summed E-state index contributed by atoms with van der Waals surface area (Å²) in [5.41, 5.74) is 9.83. The van der Waals surface area contributed by atoms with E-state index in [1.165, 1.54) is 5.56 Å². The van der Waals surface area contributed by atoms with Gasteiger partial charge in [-0.3, -0.25) is 0 Å². The summed E-state index contributed by atoms with van der Waals surface area (Å²) in [5, 5.41) is 0. The number of fused-ring (bicyclic) bond motifs is 1. The molecule has 0 atom stereocenters. The average molecular weight is 267 g/mol. The van der Waals surface area contributed by atoms with Crippen molar-refractivity contribution in [3.05, 3.63) is 53.9 Å². The van der Waals surface area contributed by atoms with Gasteiger partial charge in [-0.15, -0.1) is 0 Å². The van der Waals surface area contributed by atoms with Gasteiger partial charge < -0.3 is 15.0 Å². The molecule has 0 aliphatic carbocycles. The Balaban J connectivity index is 1.97. The second-order valence-corrected chi connectivity index (χ2v) is 4.83. The predicted octanol–water partition coefficient (Wildman–Crippen LogP) is 2.75. The van der Waals surface area contributed by atoms with Crippen LogP contribution in [0, 0.1) is 0 Å². The van der Waals surface area contributed by atoms with E-state index in [0.29, 0.717) is 0 Å². The number of rotatable bonds is 3. The third-order valence-corrected chi connectivity index (χ3v) is 3.56. The zero-order chi connectivity index (χ0) is 14.1. The van der Waals surface area contributed by atoms with Crippen molar-refractivity contribution in [3.8, 4) is 5.75 Å². The van der Waals surface area contributed by atoms with Crippen LogP contribution in [0.4, 0.5) is 5.69 Å². The van der Waals surface area contributed by atoms with E-state index in [-0.39, 0.29) is 0 Å². The summed E-state index contributed by atoms with van der Waals surface area (Å²) in [5.74, 6) is 1.87. The summed E-state index contributed by atoms with van der Waals surface area (Å²) < 4.78 is 7.26. The molecule has 4 heteroatoms. The van der Waals surface area contributed by atoms with Crippen LogP contribution in [-0.2, 0) is 13.5 Å². The molecular weight excluding hydrogens is 250 g/mol. The van der Waals surface area contributed by atoms with Crippen LogP contribution in [0.5, 0.6) is 5.75 Å². The van der Waals surface area contributed by atoms with E-state index in [1.54, 1.807) is 7.11 Å². The van der Waals surface area contributed by atoms with Crippen LogP contribution in [0.2, 0.25) is 0 Å². The quantitative estimate of drug-likeness (QED) is 0.742. The van der Waals surface area contributed by atoms with Crippen molar-refractivity contribution in [2.45, 2.75) is 6.42 Å². The van der Waals surface area contributed by atoms with E-state index in [0.717, 1.165) is 34.7 Å². The fourth-order valence-electron chi connectivity index (χ4n) is 2.37. The number of ether oxygens (including phenoxy) is 1. The first-order valence-electron chi connectivity index (χ1n) is 6.52. The van der Waals surface area contributed by atoms with Crippen molar-refractivity contribution in [1.29, 1.82) is 0 Å². The van der Waals surface area contributed by atoms with Gasteiger partial charge in [0.1, 0.15) is 17.1 Å². The van der Waals surface area contributed by atoms with Crippen LogP contribution in [0.1, 0.15) is 11.4 Å². The zero-order valence-corrected chi connectivity index (χ0v) is 11.6. The monoisotopic (exact) mass is 267 g/mol. The number of nitrogens with zero attached hydrogens (tertiary/aromatic N) is 2. The zero-order valence-electron chi connectivity index (χ0n) is 11.6. The van der Waals surface area contributed by atoms with Crippen LogP contribution >= 0.6 is 0 Å². The lowest BCUT2D eigenvalue weighted by Gasteiger charge is -2.04. The van der Waals surface area contributed by atoms with Crippen LogP contribution in [-0.4, -0.2) is 16.7 Å². The molecule has 0 saturated carbocycles. The van der Waals surface area contributed by atoms with E-state index in [2.05, 4.69) is 21.7 Å². The fourth-order valence-corrected chi connectivity index (χ4v) is 2.37. The number of nitrogen functional groups attached to an aromatic ring is 1. The number of imidazole rings is 1. The lowest BCUT2D eigenvalue weighted by molar-refractivity contribution is 0.414. The minimum absolute atomic E-state index is 0.721. The third-order valence-electron chi connectivity index (χ3n) is 3.56. The number of benzene rings is 2. The molecule has 0 aliphatic heterocycles. The first-order valence-corrected chi connectivity index (χ1v) is 6.52. The minimum atomic E-state index is 0.721. The topological polar surface area (TPSA) is 53.1 Å². The van der Waals surface area contributed by atoms with Gasteiger partial charge in [-0.1, -0.05) is 18.2 Å². The SMILES string of the molecule is COc1ccc(Cc2nc3c(N)cccc3n2C)cc1. The molecule has 3 rings (SSSR count). The van der Waals surface area contributed by atoms with Crippen molar-refractivity contribution in [1.82, 2.24) is 9.55 Å². The molecule has 0 radical (unpaired) electrons. The van der Waals surface area contributed by atoms with Gasteiger partial charge in [0.15, 0.2) is 0 Å². The predicted molar refractivity (Wildman–Crippen MR) is 80.9 cm³/mol. The van der Waals surface area contributed by atoms with Gasteiger partial charge in [-0.2, -0.15) is 0 Å². The molecule has 0 spiro atoms. The molecule has 0 aliphatic rings. The van der Waals surface area contributed by atoms with Gasteiger partial charge in [0, 0.05) is 13.5 Å². The second kappa shape index (κ2) is 4.89. The van der Waals surface area contributed by atoms with Crippen LogP contribution in [0.15, 0.2) is 42.5 Å². The van der Waals surface area contributed by atoms with Gasteiger partial charge >= 0.3 is 0 Å². The Labute approximate surface area is 117 Å². The van der Waals surface area contributed by atoms with E-state index >= 15 is 0 Å². The summed E-state index contributed by atoms with van der Waals surface area (Å²) in [7, 11) is 3.69. The van der Waals surface area contributed by atoms with Gasteiger partial charge in [0.2, 0.25) is 0 Å². The molecule has 0 amide bonds. The molecule has 20 heavy (non-hydrogen) atoms. The van der Waals surface area contributed by atoms with Crippen molar-refractivity contribution in [2.24, 2.45) is 7.05 Å². The van der Waals surface area contributed by atoms with Crippen molar-refractivity contribution in [2.75, 3.05) is 12.8 Å². The third kappa shape index (κ3) is 2.09. The molecule has 102 valence electrons. The van der Waals surface area contributed by atoms with Crippen molar-refractivity contribution < 1.29 is 4.74 Å². The largest absolute Gasteiger partial charge is 0.497 e. The fraction of sp³-hybridized carbons (Fsp3) is 0.188. The molecule has 3 aromatic rings. The smallest absolute Gasteiger partial charge is 0.118 e. The highest BCUT2D eigenvalue weighted by Crippen LogP contribution is 2.22. The number of hydrogen-bond donors (Lipinski definition) is 1. The number of methoxy groups -OCH3 is 1. The first-order chi connectivity index (χ1) is 9.69. The molecule has 0 saturated heterocycles. The summed E-state index contributed by atoms with van der Waals surface area (Å²) >= 11 is 0. The highest BCUT2D eigenvalue weighted by atomic mass is 16.5. The maximum atomic E-state index is 5.98. The van der Waals surface area contributed by atoms with Crippen LogP contribution in [0.3, 0.4) is 0 Å². The maximum Gasteiger partial charge on any atom is 0.118 e.